The predicted molar refractivity (Wildman–Crippen MR) is 171 cm³/mol. The normalized spacial score (nSPS) is 19.9. The molecule has 0 fully saturated rings. The molecule has 1 heterocycles. The second-order valence-electron chi connectivity index (χ2n) is 11.5. The van der Waals surface area contributed by atoms with Crippen LogP contribution in [0.15, 0.2) is 72.8 Å². The highest BCUT2D eigenvalue weighted by Crippen LogP contribution is 2.19. The van der Waals surface area contributed by atoms with Crippen LogP contribution in [0.3, 0.4) is 0 Å². The molecular formula is C35H47N3O7. The number of aliphatic hydroxyl groups excluding tert-OH is 1. The van der Waals surface area contributed by atoms with Gasteiger partial charge < -0.3 is 30.5 Å². The fraction of sp³-hybridized carbons (Fsp3) is 0.486. The van der Waals surface area contributed by atoms with Gasteiger partial charge in [-0.15, -0.1) is 0 Å². The van der Waals surface area contributed by atoms with Crippen LogP contribution in [0.1, 0.15) is 63.0 Å². The quantitative estimate of drug-likeness (QED) is 0.149. The summed E-state index contributed by atoms with van der Waals surface area (Å²) >= 11 is 0. The summed E-state index contributed by atoms with van der Waals surface area (Å²) in [4.78, 5) is 51.3. The van der Waals surface area contributed by atoms with Crippen molar-refractivity contribution in [2.75, 3.05) is 19.8 Å². The summed E-state index contributed by atoms with van der Waals surface area (Å²) < 4.78 is 11.0. The number of hydrogen-bond donors (Lipinski definition) is 4. The fourth-order valence-corrected chi connectivity index (χ4v) is 5.06. The van der Waals surface area contributed by atoms with Gasteiger partial charge in [0, 0.05) is 19.0 Å². The van der Waals surface area contributed by atoms with E-state index in [-0.39, 0.29) is 49.9 Å². The zero-order valence-corrected chi connectivity index (χ0v) is 26.1. The molecule has 2 aromatic carbocycles. The number of cyclic esters (lactones) is 1. The number of allylic oxidation sites excluding steroid dienone is 2. The van der Waals surface area contributed by atoms with E-state index >= 15 is 0 Å². The third-order valence-corrected chi connectivity index (χ3v) is 7.65. The molecule has 1 aliphatic rings. The number of carbonyl (C=O) groups excluding carboxylic acids is 4. The molecule has 2 aromatic rings. The molecule has 0 saturated heterocycles. The van der Waals surface area contributed by atoms with Crippen molar-refractivity contribution < 1.29 is 33.8 Å². The highest BCUT2D eigenvalue weighted by Gasteiger charge is 2.27. The topological polar surface area (TPSA) is 143 Å². The number of ether oxygens (including phenoxy) is 2. The van der Waals surface area contributed by atoms with Crippen molar-refractivity contribution in [3.05, 3.63) is 83.9 Å². The summed E-state index contributed by atoms with van der Waals surface area (Å²) in [5, 5.41) is 17.8. The second-order valence-corrected chi connectivity index (χ2v) is 11.5. The summed E-state index contributed by atoms with van der Waals surface area (Å²) in [6, 6.07) is 18.4. The van der Waals surface area contributed by atoms with Crippen LogP contribution in [0.4, 0.5) is 4.79 Å². The smallest absolute Gasteiger partial charge is 0.407 e. The number of unbranched alkanes of at least 4 members (excludes halogenated alkanes) is 1. The number of alkyl carbamates (subject to hydrolysis) is 1. The molecule has 0 radical (unpaired) electrons. The fourth-order valence-electron chi connectivity index (χ4n) is 5.06. The van der Waals surface area contributed by atoms with E-state index in [0.717, 1.165) is 11.1 Å². The monoisotopic (exact) mass is 621 g/mol. The Hall–Kier alpha value is -4.18. The first-order valence-electron chi connectivity index (χ1n) is 15.8. The molecule has 4 atom stereocenters. The lowest BCUT2D eigenvalue weighted by Gasteiger charge is -2.23. The average molecular weight is 622 g/mol. The maximum Gasteiger partial charge on any atom is 0.407 e. The van der Waals surface area contributed by atoms with Gasteiger partial charge in [-0.2, -0.15) is 0 Å². The van der Waals surface area contributed by atoms with Gasteiger partial charge in [0.25, 0.3) is 0 Å². The molecule has 10 nitrogen and oxygen atoms in total. The Morgan fingerprint density at radius 3 is 2.42 bits per heavy atom. The average Bonchev–Trinajstić information content (AvgIpc) is 3.05. The molecule has 0 saturated carbocycles. The third kappa shape index (κ3) is 14.0. The number of esters is 1. The number of nitrogens with one attached hydrogen (secondary N) is 3. The number of amides is 3. The minimum absolute atomic E-state index is 0.0102. The largest absolute Gasteiger partial charge is 0.463 e. The Kier molecular flexibility index (Phi) is 15.7. The van der Waals surface area contributed by atoms with E-state index in [1.165, 1.54) is 0 Å². The summed E-state index contributed by atoms with van der Waals surface area (Å²) in [6.45, 7) is 2.08. The van der Waals surface area contributed by atoms with Crippen LogP contribution in [0.25, 0.3) is 0 Å². The first-order chi connectivity index (χ1) is 21.8. The zero-order chi connectivity index (χ0) is 32.3. The van der Waals surface area contributed by atoms with Gasteiger partial charge >= 0.3 is 12.1 Å². The number of benzene rings is 2. The van der Waals surface area contributed by atoms with Crippen molar-refractivity contribution in [3.8, 4) is 0 Å². The van der Waals surface area contributed by atoms with E-state index in [1.807, 2.05) is 72.8 Å². The van der Waals surface area contributed by atoms with E-state index in [1.54, 1.807) is 6.92 Å². The Labute approximate surface area is 266 Å². The Morgan fingerprint density at radius 2 is 1.71 bits per heavy atom. The van der Waals surface area contributed by atoms with Crippen LogP contribution in [-0.4, -0.2) is 60.8 Å². The second kappa shape index (κ2) is 20.0. The van der Waals surface area contributed by atoms with Crippen LogP contribution in [-0.2, 0) is 36.9 Å². The van der Waals surface area contributed by atoms with Crippen molar-refractivity contribution in [2.24, 2.45) is 11.8 Å². The van der Waals surface area contributed by atoms with E-state index in [9.17, 15) is 24.3 Å². The van der Waals surface area contributed by atoms with Crippen LogP contribution in [0.5, 0.6) is 0 Å². The van der Waals surface area contributed by atoms with Crippen molar-refractivity contribution in [1.82, 2.24) is 16.0 Å². The van der Waals surface area contributed by atoms with E-state index in [0.29, 0.717) is 51.5 Å². The van der Waals surface area contributed by atoms with E-state index in [2.05, 4.69) is 16.0 Å². The van der Waals surface area contributed by atoms with Crippen LogP contribution < -0.4 is 16.0 Å². The SMILES string of the molecule is C[C@H](CO)NC(=O)C[C@H]1CC=CCC[C@H](Cc2ccccc2)C(=O)OC[C@H](CCCCNC(=O)OCc2ccccc2)NC1=O. The maximum atomic E-state index is 13.4. The van der Waals surface area contributed by atoms with Gasteiger partial charge in [-0.1, -0.05) is 72.8 Å². The van der Waals surface area contributed by atoms with Gasteiger partial charge in [0.15, 0.2) is 0 Å². The molecule has 244 valence electrons. The lowest BCUT2D eigenvalue weighted by molar-refractivity contribution is -0.150. The maximum absolute atomic E-state index is 13.4. The Balaban J connectivity index is 1.59. The number of rotatable bonds is 13. The summed E-state index contributed by atoms with van der Waals surface area (Å²) in [7, 11) is 0. The minimum atomic E-state index is -0.618. The van der Waals surface area contributed by atoms with Gasteiger partial charge in [0.05, 0.1) is 24.5 Å². The lowest BCUT2D eigenvalue weighted by Crippen LogP contribution is -2.44. The first-order valence-corrected chi connectivity index (χ1v) is 15.8. The molecule has 1 aliphatic heterocycles. The summed E-state index contributed by atoms with van der Waals surface area (Å²) in [6.07, 6.45) is 7.27. The van der Waals surface area contributed by atoms with Gasteiger partial charge in [0.2, 0.25) is 11.8 Å². The van der Waals surface area contributed by atoms with Crippen molar-refractivity contribution >= 4 is 23.9 Å². The molecule has 3 rings (SSSR count). The van der Waals surface area contributed by atoms with Gasteiger partial charge in [0.1, 0.15) is 13.2 Å². The van der Waals surface area contributed by atoms with Gasteiger partial charge in [-0.25, -0.2) is 4.79 Å². The van der Waals surface area contributed by atoms with E-state index < -0.39 is 24.1 Å². The van der Waals surface area contributed by atoms with Crippen molar-refractivity contribution in [1.29, 1.82) is 0 Å². The molecule has 0 unspecified atom stereocenters. The van der Waals surface area contributed by atoms with E-state index in [4.69, 9.17) is 9.47 Å². The van der Waals surface area contributed by atoms with Crippen molar-refractivity contribution in [2.45, 2.75) is 77.0 Å². The van der Waals surface area contributed by atoms with Crippen LogP contribution in [0, 0.1) is 11.8 Å². The molecule has 0 aromatic heterocycles. The standard InChI is InChI=1S/C35H47N3O7/c1-26(23-39)37-32(40)22-29-17-9-4-10-18-30(21-27-13-5-2-6-14-27)34(42)44-25-31(38-33(29)41)19-11-12-20-36-35(43)45-24-28-15-7-3-8-16-28/h2-9,13-16,26,29-31,39H,10-12,17-25H2,1H3,(H,36,43)(H,37,40)(H,38,41)/t26-,29-,30-,31+/m1/s1. The zero-order valence-electron chi connectivity index (χ0n) is 26.1. The van der Waals surface area contributed by atoms with Gasteiger partial charge in [-0.05, 0) is 63.0 Å². The third-order valence-electron chi connectivity index (χ3n) is 7.65. The molecule has 3 amide bonds. The Morgan fingerprint density at radius 1 is 1.00 bits per heavy atom. The summed E-state index contributed by atoms with van der Waals surface area (Å²) in [5.41, 5.74) is 1.95. The highest BCUT2D eigenvalue weighted by atomic mass is 16.5. The number of hydrogen-bond acceptors (Lipinski definition) is 7. The number of carbonyl (C=O) groups is 4. The molecule has 0 bridgehead atoms. The van der Waals surface area contributed by atoms with Gasteiger partial charge in [-0.3, -0.25) is 14.4 Å². The predicted octanol–water partition coefficient (Wildman–Crippen LogP) is 4.21. The first kappa shape index (κ1) is 35.3. The van der Waals surface area contributed by atoms with Crippen LogP contribution >= 0.6 is 0 Å². The summed E-state index contributed by atoms with van der Waals surface area (Å²) in [5.74, 6) is -1.86. The van der Waals surface area contributed by atoms with Crippen LogP contribution in [0.2, 0.25) is 0 Å². The molecule has 4 N–H and O–H groups in total. The lowest BCUT2D eigenvalue weighted by atomic mass is 9.94. The Bertz CT molecular complexity index is 1220. The minimum Gasteiger partial charge on any atom is -0.463 e. The highest BCUT2D eigenvalue weighted by molar-refractivity contribution is 5.86. The number of aliphatic hydroxyl groups is 1. The van der Waals surface area contributed by atoms with Crippen molar-refractivity contribution in [3.63, 3.8) is 0 Å². The molecule has 0 spiro atoms. The molecular weight excluding hydrogens is 574 g/mol. The molecule has 45 heavy (non-hydrogen) atoms. The molecule has 10 heteroatoms. The molecule has 0 aliphatic carbocycles.